The van der Waals surface area contributed by atoms with Crippen molar-refractivity contribution in [2.45, 2.75) is 95.2 Å². The fourth-order valence-electron chi connectivity index (χ4n) is 2.96. The summed E-state index contributed by atoms with van der Waals surface area (Å²) in [5.41, 5.74) is 0. The molecule has 1 heterocycles. The van der Waals surface area contributed by atoms with E-state index in [0.29, 0.717) is 25.7 Å². The summed E-state index contributed by atoms with van der Waals surface area (Å²) in [6.45, 7) is 2.16. The smallest absolute Gasteiger partial charge is 0.303 e. The van der Waals surface area contributed by atoms with Gasteiger partial charge >= 0.3 is 5.97 Å². The second kappa shape index (κ2) is 13.0. The molecule has 0 aromatic carbocycles. The molecule has 6 heteroatoms. The zero-order valence-electron chi connectivity index (χ0n) is 15.7. The molecule has 1 aliphatic heterocycles. The minimum Gasteiger partial charge on any atom is -0.481 e. The summed E-state index contributed by atoms with van der Waals surface area (Å²) < 4.78 is 5.70. The number of carbonyl (C=O) groups is 1. The van der Waals surface area contributed by atoms with Gasteiger partial charge in [-0.1, -0.05) is 44.1 Å². The van der Waals surface area contributed by atoms with Crippen LogP contribution in [0.3, 0.4) is 0 Å². The highest BCUT2D eigenvalue weighted by Crippen LogP contribution is 2.25. The molecule has 0 amide bonds. The topological polar surface area (TPSA) is 107 Å². The number of hydrogen-bond acceptors (Lipinski definition) is 5. The Bertz CT molecular complexity index is 448. The van der Waals surface area contributed by atoms with Crippen molar-refractivity contribution in [2.75, 3.05) is 0 Å². The van der Waals surface area contributed by atoms with Crippen LogP contribution in [0.5, 0.6) is 0 Å². The molecule has 4 N–H and O–H groups in total. The first-order valence-corrected chi connectivity index (χ1v) is 9.68. The highest BCUT2D eigenvalue weighted by Gasteiger charge is 2.35. The molecule has 0 spiro atoms. The number of hydrogen-bond donors (Lipinski definition) is 4. The van der Waals surface area contributed by atoms with Gasteiger partial charge in [0.05, 0.1) is 24.4 Å². The zero-order valence-corrected chi connectivity index (χ0v) is 15.7. The van der Waals surface area contributed by atoms with E-state index in [1.165, 1.54) is 18.9 Å². The Balaban J connectivity index is 2.32. The average Bonchev–Trinajstić information content (AvgIpc) is 2.96. The molecule has 1 rings (SSSR count). The third kappa shape index (κ3) is 9.48. The van der Waals surface area contributed by atoms with Crippen LogP contribution in [-0.4, -0.2) is 56.9 Å². The molecule has 0 aliphatic carbocycles. The standard InChI is InChI=1S/C20H34O6/c1-2-3-4-5-6-7-10-16(22)19-14-17(23)18(26-19)13-12-15(21)9-8-11-20(24)25/h6-7,12-13,15-19,21-23H,2-5,8-11,14H2,1H3,(H,24,25)/b7-6-,13-12+/t15-,16-,17-,18-,19+/m1/s1. The Labute approximate surface area is 156 Å². The second-order valence-electron chi connectivity index (χ2n) is 6.95. The molecule has 150 valence electrons. The predicted octanol–water partition coefficient (Wildman–Crippen LogP) is 2.56. The van der Waals surface area contributed by atoms with Gasteiger partial charge in [0.1, 0.15) is 6.10 Å². The lowest BCUT2D eigenvalue weighted by Gasteiger charge is -2.16. The third-order valence-electron chi connectivity index (χ3n) is 4.55. The van der Waals surface area contributed by atoms with Gasteiger partial charge in [-0.3, -0.25) is 4.79 Å². The minimum absolute atomic E-state index is 0.0215. The van der Waals surface area contributed by atoms with Gasteiger partial charge in [0, 0.05) is 12.8 Å². The molecular weight excluding hydrogens is 336 g/mol. The van der Waals surface area contributed by atoms with Gasteiger partial charge in [-0.15, -0.1) is 0 Å². The summed E-state index contributed by atoms with van der Waals surface area (Å²) in [5.74, 6) is -0.882. The van der Waals surface area contributed by atoms with Gasteiger partial charge in [-0.2, -0.15) is 0 Å². The number of carboxylic acids is 1. The molecule has 0 radical (unpaired) electrons. The molecule has 0 aromatic rings. The number of allylic oxidation sites excluding steroid dienone is 1. The predicted molar refractivity (Wildman–Crippen MR) is 99.8 cm³/mol. The molecule has 1 aliphatic rings. The van der Waals surface area contributed by atoms with Crippen LogP contribution in [0, 0.1) is 0 Å². The molecule has 0 unspecified atom stereocenters. The first-order valence-electron chi connectivity index (χ1n) is 9.68. The number of unbranched alkanes of at least 4 members (excludes halogenated alkanes) is 3. The number of ether oxygens (including phenoxy) is 1. The van der Waals surface area contributed by atoms with E-state index >= 15 is 0 Å². The minimum atomic E-state index is -0.882. The van der Waals surface area contributed by atoms with Crippen LogP contribution >= 0.6 is 0 Å². The number of aliphatic carboxylic acids is 1. The van der Waals surface area contributed by atoms with Gasteiger partial charge in [0.2, 0.25) is 0 Å². The maximum atomic E-state index is 10.5. The van der Waals surface area contributed by atoms with Crippen molar-refractivity contribution in [2.24, 2.45) is 0 Å². The zero-order chi connectivity index (χ0) is 19.4. The lowest BCUT2D eigenvalue weighted by atomic mass is 10.0. The highest BCUT2D eigenvalue weighted by atomic mass is 16.5. The number of aliphatic hydroxyl groups is 3. The summed E-state index contributed by atoms with van der Waals surface area (Å²) in [6, 6.07) is 0. The number of carboxylic acid groups (broad SMARTS) is 1. The molecule has 0 aromatic heterocycles. The fourth-order valence-corrected chi connectivity index (χ4v) is 2.96. The van der Waals surface area contributed by atoms with E-state index in [9.17, 15) is 20.1 Å². The Hall–Kier alpha value is -1.21. The van der Waals surface area contributed by atoms with Crippen molar-refractivity contribution in [3.63, 3.8) is 0 Å². The largest absolute Gasteiger partial charge is 0.481 e. The Kier molecular flexibility index (Phi) is 11.4. The summed E-state index contributed by atoms with van der Waals surface area (Å²) >= 11 is 0. The van der Waals surface area contributed by atoms with Gasteiger partial charge in [-0.05, 0) is 32.1 Å². The molecular formula is C20H34O6. The van der Waals surface area contributed by atoms with Crippen LogP contribution < -0.4 is 0 Å². The SMILES string of the molecule is CCCCC/C=C\C[C@@H](O)[C@@H]1C[C@@H](O)[C@@H](/C=C/[C@H](O)CCCC(=O)O)O1. The fraction of sp³-hybridized carbons (Fsp3) is 0.750. The monoisotopic (exact) mass is 370 g/mol. The van der Waals surface area contributed by atoms with Crippen molar-refractivity contribution in [3.05, 3.63) is 24.3 Å². The quantitative estimate of drug-likeness (QED) is 0.293. The molecule has 0 bridgehead atoms. The molecule has 1 fully saturated rings. The molecule has 26 heavy (non-hydrogen) atoms. The Morgan fingerprint density at radius 2 is 2.00 bits per heavy atom. The van der Waals surface area contributed by atoms with Crippen LogP contribution in [0.25, 0.3) is 0 Å². The van der Waals surface area contributed by atoms with E-state index in [4.69, 9.17) is 9.84 Å². The maximum Gasteiger partial charge on any atom is 0.303 e. The second-order valence-corrected chi connectivity index (χ2v) is 6.95. The lowest BCUT2D eigenvalue weighted by Crippen LogP contribution is -2.25. The van der Waals surface area contributed by atoms with Gasteiger partial charge < -0.3 is 25.2 Å². The van der Waals surface area contributed by atoms with Crippen molar-refractivity contribution >= 4 is 5.97 Å². The van der Waals surface area contributed by atoms with Crippen molar-refractivity contribution in [1.82, 2.24) is 0 Å². The number of rotatable bonds is 13. The average molecular weight is 370 g/mol. The Morgan fingerprint density at radius 3 is 2.69 bits per heavy atom. The van der Waals surface area contributed by atoms with Crippen LogP contribution in [0.4, 0.5) is 0 Å². The highest BCUT2D eigenvalue weighted by molar-refractivity contribution is 5.66. The third-order valence-corrected chi connectivity index (χ3v) is 4.55. The maximum absolute atomic E-state index is 10.5. The van der Waals surface area contributed by atoms with Gasteiger partial charge in [0.25, 0.3) is 0 Å². The van der Waals surface area contributed by atoms with Crippen molar-refractivity contribution in [3.8, 4) is 0 Å². The van der Waals surface area contributed by atoms with E-state index in [-0.39, 0.29) is 6.42 Å². The normalized spacial score (nSPS) is 25.9. The van der Waals surface area contributed by atoms with E-state index in [0.717, 1.165) is 12.8 Å². The molecule has 5 atom stereocenters. The first-order chi connectivity index (χ1) is 12.4. The van der Waals surface area contributed by atoms with Crippen LogP contribution in [-0.2, 0) is 9.53 Å². The summed E-state index contributed by atoms with van der Waals surface area (Å²) in [4.78, 5) is 10.5. The van der Waals surface area contributed by atoms with Gasteiger partial charge in [0.15, 0.2) is 0 Å². The van der Waals surface area contributed by atoms with Crippen LogP contribution in [0.1, 0.15) is 64.7 Å². The molecule has 6 nitrogen and oxygen atoms in total. The number of aliphatic hydroxyl groups excluding tert-OH is 3. The van der Waals surface area contributed by atoms with Gasteiger partial charge in [-0.25, -0.2) is 0 Å². The van der Waals surface area contributed by atoms with E-state index in [1.54, 1.807) is 6.08 Å². The van der Waals surface area contributed by atoms with E-state index in [1.807, 2.05) is 6.08 Å². The van der Waals surface area contributed by atoms with E-state index in [2.05, 4.69) is 13.0 Å². The Morgan fingerprint density at radius 1 is 1.23 bits per heavy atom. The molecule has 0 saturated carbocycles. The summed E-state index contributed by atoms with van der Waals surface area (Å²) in [6.07, 6.45) is 10.2. The van der Waals surface area contributed by atoms with Crippen molar-refractivity contribution < 1.29 is 30.0 Å². The summed E-state index contributed by atoms with van der Waals surface area (Å²) in [5, 5.41) is 38.7. The van der Waals surface area contributed by atoms with Crippen LogP contribution in [0.15, 0.2) is 24.3 Å². The molecule has 1 saturated heterocycles. The van der Waals surface area contributed by atoms with Crippen LogP contribution in [0.2, 0.25) is 0 Å². The van der Waals surface area contributed by atoms with E-state index < -0.39 is 36.5 Å². The van der Waals surface area contributed by atoms with Crippen molar-refractivity contribution in [1.29, 1.82) is 0 Å². The summed E-state index contributed by atoms with van der Waals surface area (Å²) in [7, 11) is 0. The lowest BCUT2D eigenvalue weighted by molar-refractivity contribution is -0.137. The first kappa shape index (κ1) is 22.8.